The SMILES string of the molecule is COc1ccc(F)cc1C(=O)NCc1ccc(-c2nn(-c3ccc(N4CC(CN5CCN(c6ccc7c(c6)CN(C6CCC(=O)NC6=O)C7=O)CC5)C4)nc3)c3ncnc(N)c23)cc1. The molecule has 0 bridgehead atoms. The van der Waals surface area contributed by atoms with E-state index >= 15 is 0 Å². The predicted molar refractivity (Wildman–Crippen MR) is 235 cm³/mol. The molecule has 3 saturated heterocycles. The van der Waals surface area contributed by atoms with Gasteiger partial charge in [0.1, 0.15) is 41.3 Å². The maximum absolute atomic E-state index is 13.8. The number of carbonyl (C=O) groups is 4. The van der Waals surface area contributed by atoms with Crippen molar-refractivity contribution in [1.29, 1.82) is 0 Å². The predicted octanol–water partition coefficient (Wildman–Crippen LogP) is 3.56. The molecule has 1 unspecified atom stereocenters. The average molecular weight is 865 g/mol. The Morgan fingerprint density at radius 2 is 1.72 bits per heavy atom. The second-order valence-corrected chi connectivity index (χ2v) is 16.6. The van der Waals surface area contributed by atoms with E-state index in [0.717, 1.165) is 85.8 Å². The van der Waals surface area contributed by atoms with Crippen LogP contribution in [0.4, 0.5) is 21.7 Å². The Hall–Kier alpha value is -7.47. The second-order valence-electron chi connectivity index (χ2n) is 16.6. The van der Waals surface area contributed by atoms with E-state index in [1.165, 1.54) is 25.6 Å². The van der Waals surface area contributed by atoms with Gasteiger partial charge in [0.15, 0.2) is 5.65 Å². The summed E-state index contributed by atoms with van der Waals surface area (Å²) in [5.41, 5.74) is 12.6. The first-order valence-corrected chi connectivity index (χ1v) is 21.3. The number of anilines is 3. The number of piperidine rings is 1. The first-order chi connectivity index (χ1) is 31.1. The zero-order valence-corrected chi connectivity index (χ0v) is 35.0. The van der Waals surface area contributed by atoms with Crippen LogP contribution in [0.15, 0.2) is 85.3 Å². The molecule has 10 rings (SSSR count). The molecule has 4 amide bonds. The minimum Gasteiger partial charge on any atom is -0.496 e. The molecular formula is C46H45FN12O5. The molecule has 4 aliphatic rings. The molecule has 7 heterocycles. The van der Waals surface area contributed by atoms with Crippen LogP contribution in [0, 0.1) is 11.7 Å². The van der Waals surface area contributed by atoms with Crippen LogP contribution in [-0.4, -0.2) is 117 Å². The van der Waals surface area contributed by atoms with Crippen molar-refractivity contribution in [2.24, 2.45) is 5.92 Å². The number of pyridine rings is 1. The number of rotatable bonds is 11. The van der Waals surface area contributed by atoms with Crippen molar-refractivity contribution in [1.82, 2.24) is 45.2 Å². The van der Waals surface area contributed by atoms with E-state index in [4.69, 9.17) is 20.6 Å². The summed E-state index contributed by atoms with van der Waals surface area (Å²) in [6.07, 6.45) is 3.79. The third-order valence-corrected chi connectivity index (χ3v) is 12.6. The number of fused-ring (bicyclic) bond motifs is 2. The van der Waals surface area contributed by atoms with Gasteiger partial charge in [-0.25, -0.2) is 24.0 Å². The lowest BCUT2D eigenvalue weighted by atomic mass is 9.99. The van der Waals surface area contributed by atoms with Gasteiger partial charge in [-0.1, -0.05) is 24.3 Å². The Balaban J connectivity index is 0.732. The van der Waals surface area contributed by atoms with Crippen LogP contribution in [0.5, 0.6) is 5.75 Å². The number of hydrogen-bond acceptors (Lipinski definition) is 13. The molecule has 3 aromatic carbocycles. The van der Waals surface area contributed by atoms with Crippen LogP contribution in [0.2, 0.25) is 0 Å². The topological polar surface area (TPSA) is 197 Å². The standard InChI is InChI=1S/C46H45FN12O5/c1-64-37-11-6-31(47)19-35(37)44(61)50-20-27-2-4-29(5-3-27)41-40-42(48)51-26-52-43(40)59(54-41)33-8-12-38(49-21-33)57-23-28(24-57)22-55-14-16-56(17-15-55)32-7-9-34-30(18-32)25-58(46(34)63)36-10-13-39(60)53-45(36)62/h2-9,11-12,18-19,21,26,28,36H,10,13-17,20,22-25H2,1H3,(H,50,61)(H2,48,51,52)(H,53,60,62). The van der Waals surface area contributed by atoms with Gasteiger partial charge in [-0.2, -0.15) is 5.10 Å². The summed E-state index contributed by atoms with van der Waals surface area (Å²) in [6.45, 7) is 7.04. The van der Waals surface area contributed by atoms with Crippen LogP contribution >= 0.6 is 0 Å². The Morgan fingerprint density at radius 3 is 2.47 bits per heavy atom. The van der Waals surface area contributed by atoms with Gasteiger partial charge in [0.05, 0.1) is 29.9 Å². The van der Waals surface area contributed by atoms with E-state index in [0.29, 0.717) is 47.0 Å². The van der Waals surface area contributed by atoms with Crippen molar-refractivity contribution >= 4 is 52.0 Å². The largest absolute Gasteiger partial charge is 0.496 e. The molecule has 0 spiro atoms. The Morgan fingerprint density at radius 1 is 0.922 bits per heavy atom. The first-order valence-electron chi connectivity index (χ1n) is 21.3. The molecule has 18 heteroatoms. The Labute approximate surface area is 367 Å². The maximum Gasteiger partial charge on any atom is 0.255 e. The number of nitrogen functional groups attached to an aromatic ring is 1. The van der Waals surface area contributed by atoms with Crippen molar-refractivity contribution in [2.75, 3.05) is 68.5 Å². The number of nitrogens with two attached hydrogens (primary N) is 1. The van der Waals surface area contributed by atoms with Gasteiger partial charge in [0, 0.05) is 88.1 Å². The number of amides is 4. The summed E-state index contributed by atoms with van der Waals surface area (Å²) in [7, 11) is 1.43. The fourth-order valence-corrected chi connectivity index (χ4v) is 9.15. The quantitative estimate of drug-likeness (QED) is 0.160. The van der Waals surface area contributed by atoms with Crippen LogP contribution in [-0.2, 0) is 22.7 Å². The smallest absolute Gasteiger partial charge is 0.255 e. The van der Waals surface area contributed by atoms with Crippen LogP contribution in [0.1, 0.15) is 44.7 Å². The highest BCUT2D eigenvalue weighted by Gasteiger charge is 2.39. The van der Waals surface area contributed by atoms with Gasteiger partial charge in [0.25, 0.3) is 11.8 Å². The highest BCUT2D eigenvalue weighted by atomic mass is 19.1. The molecule has 0 radical (unpaired) electrons. The number of carbonyl (C=O) groups excluding carboxylic acids is 4. The monoisotopic (exact) mass is 864 g/mol. The highest BCUT2D eigenvalue weighted by Crippen LogP contribution is 2.34. The van der Waals surface area contributed by atoms with Crippen molar-refractivity contribution in [3.8, 4) is 22.7 Å². The van der Waals surface area contributed by atoms with E-state index in [1.807, 2.05) is 48.5 Å². The number of benzene rings is 3. The molecule has 0 aliphatic carbocycles. The molecule has 3 aromatic heterocycles. The minimum atomic E-state index is -0.619. The molecule has 326 valence electrons. The fraction of sp³-hybridized carbons (Fsp3) is 0.304. The lowest BCUT2D eigenvalue weighted by Crippen LogP contribution is -2.55. The lowest BCUT2D eigenvalue weighted by Gasteiger charge is -2.44. The Bertz CT molecular complexity index is 2800. The van der Waals surface area contributed by atoms with Gasteiger partial charge < -0.3 is 30.5 Å². The van der Waals surface area contributed by atoms with Gasteiger partial charge >= 0.3 is 0 Å². The summed E-state index contributed by atoms with van der Waals surface area (Å²) in [5, 5.41) is 10.7. The van der Waals surface area contributed by atoms with E-state index in [1.54, 1.807) is 15.8 Å². The summed E-state index contributed by atoms with van der Waals surface area (Å²) in [5.74, 6) is 0.174. The van der Waals surface area contributed by atoms with Gasteiger partial charge in [-0.15, -0.1) is 0 Å². The molecule has 3 fully saturated rings. The number of hydrogen-bond donors (Lipinski definition) is 3. The molecule has 6 aromatic rings. The number of piperazine rings is 1. The third kappa shape index (κ3) is 7.69. The number of methoxy groups -OCH3 is 1. The molecule has 4 aliphatic heterocycles. The van der Waals surface area contributed by atoms with E-state index in [9.17, 15) is 23.6 Å². The van der Waals surface area contributed by atoms with Crippen LogP contribution in [0.3, 0.4) is 0 Å². The normalized spacial score (nSPS) is 18.0. The molecule has 17 nitrogen and oxygen atoms in total. The van der Waals surface area contributed by atoms with E-state index < -0.39 is 23.7 Å². The van der Waals surface area contributed by atoms with Crippen molar-refractivity contribution < 1.29 is 28.3 Å². The zero-order chi connectivity index (χ0) is 44.1. The van der Waals surface area contributed by atoms with Crippen molar-refractivity contribution in [3.63, 3.8) is 0 Å². The summed E-state index contributed by atoms with van der Waals surface area (Å²) < 4.78 is 20.8. The van der Waals surface area contributed by atoms with Crippen LogP contribution in [0.25, 0.3) is 28.0 Å². The van der Waals surface area contributed by atoms with Crippen LogP contribution < -0.4 is 30.9 Å². The highest BCUT2D eigenvalue weighted by molar-refractivity contribution is 6.05. The number of imide groups is 1. The molecule has 0 saturated carbocycles. The van der Waals surface area contributed by atoms with E-state index in [2.05, 4.69) is 41.4 Å². The Kier molecular flexibility index (Phi) is 10.6. The minimum absolute atomic E-state index is 0.116. The van der Waals surface area contributed by atoms with Gasteiger partial charge in [0.2, 0.25) is 11.8 Å². The maximum atomic E-state index is 13.8. The summed E-state index contributed by atoms with van der Waals surface area (Å²) >= 11 is 0. The van der Waals surface area contributed by atoms with Gasteiger partial charge in [-0.3, -0.25) is 29.4 Å². The van der Waals surface area contributed by atoms with Crippen molar-refractivity contribution in [2.45, 2.75) is 32.0 Å². The number of aromatic nitrogens is 5. The summed E-state index contributed by atoms with van der Waals surface area (Å²) in [6, 6.07) is 20.7. The van der Waals surface area contributed by atoms with E-state index in [-0.39, 0.29) is 36.1 Å². The van der Waals surface area contributed by atoms with Crippen molar-refractivity contribution in [3.05, 3.63) is 113 Å². The second kappa shape index (κ2) is 16.7. The molecular weight excluding hydrogens is 820 g/mol. The molecule has 4 N–H and O–H groups in total. The molecule has 64 heavy (non-hydrogen) atoms. The number of halogens is 1. The molecule has 1 atom stereocenters. The fourth-order valence-electron chi connectivity index (χ4n) is 9.15. The third-order valence-electron chi connectivity index (χ3n) is 12.6. The number of nitrogens with zero attached hydrogens (tertiary/aromatic N) is 9. The zero-order valence-electron chi connectivity index (χ0n) is 35.0. The lowest BCUT2D eigenvalue weighted by molar-refractivity contribution is -0.136. The van der Waals surface area contributed by atoms with Gasteiger partial charge in [-0.05, 0) is 66.1 Å². The summed E-state index contributed by atoms with van der Waals surface area (Å²) in [4.78, 5) is 72.4. The first kappa shape index (κ1) is 40.6. The number of ether oxygens (including phenoxy) is 1. The number of nitrogens with one attached hydrogen (secondary N) is 2. The average Bonchev–Trinajstić information content (AvgIpc) is 3.85.